The minimum Gasteiger partial charge on any atom is -0.493 e. The number of hydrogen-bond donors (Lipinski definition) is 1. The molecule has 2 rings (SSSR count). The van der Waals surface area contributed by atoms with Gasteiger partial charge in [-0.1, -0.05) is 30.3 Å². The number of hydrogen-bond acceptors (Lipinski definition) is 4. The molecule has 0 heterocycles. The van der Waals surface area contributed by atoms with E-state index in [1.807, 2.05) is 42.5 Å². The van der Waals surface area contributed by atoms with E-state index in [2.05, 4.69) is 0 Å². The third kappa shape index (κ3) is 3.62. The standard InChI is InChI=1S/C16H20O4/c1-18-14-9-8-13(10-15(14)19-2)16(17)20-11-12-6-4-3-5-7-12/h3-7,9-10,13,16-17H,8,11H2,1-2H3. The normalized spacial score (nSPS) is 19.9. The third-order valence-electron chi connectivity index (χ3n) is 3.25. The third-order valence-corrected chi connectivity index (χ3v) is 3.25. The van der Waals surface area contributed by atoms with E-state index in [1.54, 1.807) is 14.2 Å². The Kier molecular flexibility index (Phi) is 5.21. The molecule has 2 unspecified atom stereocenters. The molecule has 1 N–H and O–H groups in total. The summed E-state index contributed by atoms with van der Waals surface area (Å²) < 4.78 is 16.0. The molecular weight excluding hydrogens is 256 g/mol. The molecule has 0 bridgehead atoms. The lowest BCUT2D eigenvalue weighted by molar-refractivity contribution is -0.132. The van der Waals surface area contributed by atoms with E-state index in [-0.39, 0.29) is 5.92 Å². The monoisotopic (exact) mass is 276 g/mol. The first-order chi connectivity index (χ1) is 9.74. The first-order valence-electron chi connectivity index (χ1n) is 6.58. The molecule has 1 aliphatic rings. The predicted octanol–water partition coefficient (Wildman–Crippen LogP) is 2.60. The van der Waals surface area contributed by atoms with Crippen LogP contribution in [0, 0.1) is 5.92 Å². The van der Waals surface area contributed by atoms with Crippen LogP contribution >= 0.6 is 0 Å². The van der Waals surface area contributed by atoms with Crippen molar-refractivity contribution in [3.63, 3.8) is 0 Å². The first-order valence-corrected chi connectivity index (χ1v) is 6.58. The van der Waals surface area contributed by atoms with Crippen LogP contribution in [-0.2, 0) is 20.8 Å². The molecule has 0 fully saturated rings. The van der Waals surface area contributed by atoms with Crippen molar-refractivity contribution in [1.82, 2.24) is 0 Å². The molecule has 0 aromatic heterocycles. The zero-order valence-electron chi connectivity index (χ0n) is 11.8. The minimum absolute atomic E-state index is 0.132. The van der Waals surface area contributed by atoms with Crippen LogP contribution < -0.4 is 0 Å². The van der Waals surface area contributed by atoms with Crippen LogP contribution in [0.5, 0.6) is 0 Å². The molecule has 20 heavy (non-hydrogen) atoms. The van der Waals surface area contributed by atoms with Gasteiger partial charge >= 0.3 is 0 Å². The van der Waals surface area contributed by atoms with E-state index < -0.39 is 6.29 Å². The number of benzene rings is 1. The molecule has 108 valence electrons. The fourth-order valence-corrected chi connectivity index (χ4v) is 2.12. The van der Waals surface area contributed by atoms with E-state index in [1.165, 1.54) is 0 Å². The highest BCUT2D eigenvalue weighted by Gasteiger charge is 2.23. The van der Waals surface area contributed by atoms with Crippen molar-refractivity contribution in [2.75, 3.05) is 14.2 Å². The maximum absolute atomic E-state index is 10.1. The van der Waals surface area contributed by atoms with Crippen molar-refractivity contribution in [1.29, 1.82) is 0 Å². The fourth-order valence-electron chi connectivity index (χ4n) is 2.12. The van der Waals surface area contributed by atoms with Crippen molar-refractivity contribution in [2.45, 2.75) is 19.3 Å². The number of aliphatic hydroxyl groups excluding tert-OH is 1. The molecule has 1 aromatic rings. The Balaban J connectivity index is 1.92. The molecular formula is C16H20O4. The summed E-state index contributed by atoms with van der Waals surface area (Å²) in [4.78, 5) is 0. The van der Waals surface area contributed by atoms with Gasteiger partial charge in [-0.05, 0) is 24.1 Å². The molecule has 0 aliphatic heterocycles. The smallest absolute Gasteiger partial charge is 0.161 e. The van der Waals surface area contributed by atoms with Gasteiger partial charge in [-0.3, -0.25) is 0 Å². The highest BCUT2D eigenvalue weighted by molar-refractivity contribution is 5.25. The van der Waals surface area contributed by atoms with E-state index in [9.17, 15) is 5.11 Å². The van der Waals surface area contributed by atoms with Crippen molar-refractivity contribution < 1.29 is 19.3 Å². The fraction of sp³-hybridized carbons (Fsp3) is 0.375. The van der Waals surface area contributed by atoms with Crippen molar-refractivity contribution >= 4 is 0 Å². The van der Waals surface area contributed by atoms with Gasteiger partial charge in [0.05, 0.1) is 20.8 Å². The second kappa shape index (κ2) is 7.12. The minimum atomic E-state index is -0.866. The lowest BCUT2D eigenvalue weighted by Crippen LogP contribution is -2.24. The van der Waals surface area contributed by atoms with Crippen molar-refractivity contribution in [3.05, 3.63) is 59.6 Å². The highest BCUT2D eigenvalue weighted by Crippen LogP contribution is 2.26. The van der Waals surface area contributed by atoms with Gasteiger partial charge in [-0.2, -0.15) is 0 Å². The summed E-state index contributed by atoms with van der Waals surface area (Å²) in [5, 5.41) is 10.1. The first kappa shape index (κ1) is 14.6. The van der Waals surface area contributed by atoms with Crippen LogP contribution in [0.25, 0.3) is 0 Å². The van der Waals surface area contributed by atoms with Gasteiger partial charge in [0.1, 0.15) is 0 Å². The van der Waals surface area contributed by atoms with E-state index >= 15 is 0 Å². The van der Waals surface area contributed by atoms with Crippen LogP contribution in [0.2, 0.25) is 0 Å². The van der Waals surface area contributed by atoms with Crippen molar-refractivity contribution in [2.24, 2.45) is 5.92 Å². The van der Waals surface area contributed by atoms with Crippen molar-refractivity contribution in [3.8, 4) is 0 Å². The Morgan fingerprint density at radius 2 is 1.85 bits per heavy atom. The average molecular weight is 276 g/mol. The van der Waals surface area contributed by atoms with Crippen LogP contribution in [0.15, 0.2) is 54.0 Å². The summed E-state index contributed by atoms with van der Waals surface area (Å²) >= 11 is 0. The molecule has 4 nitrogen and oxygen atoms in total. The lowest BCUT2D eigenvalue weighted by Gasteiger charge is -2.24. The molecule has 0 amide bonds. The van der Waals surface area contributed by atoms with E-state index in [0.717, 1.165) is 5.56 Å². The van der Waals surface area contributed by atoms with Gasteiger partial charge in [0, 0.05) is 5.92 Å². The highest BCUT2D eigenvalue weighted by atomic mass is 16.6. The van der Waals surface area contributed by atoms with Gasteiger partial charge in [0.25, 0.3) is 0 Å². The molecule has 4 heteroatoms. The zero-order valence-corrected chi connectivity index (χ0v) is 11.8. The summed E-state index contributed by atoms with van der Waals surface area (Å²) in [6, 6.07) is 9.77. The Morgan fingerprint density at radius 3 is 2.50 bits per heavy atom. The molecule has 0 saturated heterocycles. The molecule has 0 saturated carbocycles. The molecule has 1 aliphatic carbocycles. The van der Waals surface area contributed by atoms with Gasteiger partial charge < -0.3 is 19.3 Å². The van der Waals surface area contributed by atoms with Crippen LogP contribution in [-0.4, -0.2) is 25.6 Å². The number of rotatable bonds is 6. The number of aliphatic hydroxyl groups is 1. The Morgan fingerprint density at radius 1 is 1.15 bits per heavy atom. The Hall–Kier alpha value is -1.78. The Labute approximate surface area is 119 Å². The zero-order chi connectivity index (χ0) is 14.4. The van der Waals surface area contributed by atoms with Gasteiger partial charge in [-0.25, -0.2) is 0 Å². The number of ether oxygens (including phenoxy) is 3. The van der Waals surface area contributed by atoms with Gasteiger partial charge in [0.15, 0.2) is 17.8 Å². The molecule has 1 aromatic carbocycles. The summed E-state index contributed by atoms with van der Waals surface area (Å²) in [6.07, 6.45) is 3.54. The molecule has 0 spiro atoms. The van der Waals surface area contributed by atoms with Gasteiger partial charge in [-0.15, -0.1) is 0 Å². The van der Waals surface area contributed by atoms with E-state index in [0.29, 0.717) is 24.5 Å². The average Bonchev–Trinajstić information content (AvgIpc) is 2.52. The largest absolute Gasteiger partial charge is 0.493 e. The van der Waals surface area contributed by atoms with E-state index in [4.69, 9.17) is 14.2 Å². The summed E-state index contributed by atoms with van der Waals surface area (Å²) in [5.41, 5.74) is 1.03. The quantitative estimate of drug-likeness (QED) is 0.811. The summed E-state index contributed by atoms with van der Waals surface area (Å²) in [6.45, 7) is 0.384. The summed E-state index contributed by atoms with van der Waals surface area (Å²) in [7, 11) is 3.18. The summed E-state index contributed by atoms with van der Waals surface area (Å²) in [5.74, 6) is 1.19. The van der Waals surface area contributed by atoms with Crippen LogP contribution in [0.4, 0.5) is 0 Å². The maximum atomic E-state index is 10.1. The predicted molar refractivity (Wildman–Crippen MR) is 75.5 cm³/mol. The second-order valence-electron chi connectivity index (χ2n) is 4.59. The molecule has 2 atom stereocenters. The topological polar surface area (TPSA) is 47.9 Å². The molecule has 0 radical (unpaired) electrons. The van der Waals surface area contributed by atoms with Crippen LogP contribution in [0.1, 0.15) is 12.0 Å². The van der Waals surface area contributed by atoms with Gasteiger partial charge in [0.2, 0.25) is 0 Å². The number of methoxy groups -OCH3 is 2. The second-order valence-corrected chi connectivity index (χ2v) is 4.59. The SMILES string of the molecule is COC1=CCC(C(O)OCc2ccccc2)C=C1OC. The lowest BCUT2D eigenvalue weighted by atomic mass is 9.98. The number of allylic oxidation sites excluding steroid dienone is 1. The van der Waals surface area contributed by atoms with Crippen LogP contribution in [0.3, 0.4) is 0 Å². The maximum Gasteiger partial charge on any atom is 0.161 e. The Bertz CT molecular complexity index is 479.